The van der Waals surface area contributed by atoms with E-state index in [1.807, 2.05) is 23.9 Å². The monoisotopic (exact) mass is 455 g/mol. The number of anilines is 1. The molecule has 0 fully saturated rings. The number of nitrogens with zero attached hydrogens (tertiary/aromatic N) is 3. The van der Waals surface area contributed by atoms with Gasteiger partial charge in [-0.3, -0.25) is 9.67 Å². The summed E-state index contributed by atoms with van der Waals surface area (Å²) in [5.74, 6) is 0.964. The van der Waals surface area contributed by atoms with Crippen LogP contribution in [0, 0.1) is 13.8 Å². The third-order valence-electron chi connectivity index (χ3n) is 4.35. The van der Waals surface area contributed by atoms with Crippen LogP contribution in [0.15, 0.2) is 29.3 Å². The van der Waals surface area contributed by atoms with Crippen molar-refractivity contribution in [2.24, 2.45) is 17.8 Å². The van der Waals surface area contributed by atoms with E-state index in [1.54, 1.807) is 0 Å². The summed E-state index contributed by atoms with van der Waals surface area (Å²) in [6, 6.07) is 8.30. The zero-order valence-corrected chi connectivity index (χ0v) is 18.2. The third-order valence-corrected chi connectivity index (χ3v) is 4.35. The lowest BCUT2D eigenvalue weighted by Gasteiger charge is -2.10. The Morgan fingerprint density at radius 1 is 1.32 bits per heavy atom. The predicted molar refractivity (Wildman–Crippen MR) is 117 cm³/mol. The quantitative estimate of drug-likeness (QED) is 0.298. The van der Waals surface area contributed by atoms with Crippen LogP contribution in [0.2, 0.25) is 0 Å². The Kier molecular flexibility index (Phi) is 8.41. The number of halogens is 1. The van der Waals surface area contributed by atoms with Crippen molar-refractivity contribution in [1.29, 1.82) is 0 Å². The van der Waals surface area contributed by atoms with Gasteiger partial charge in [0.2, 0.25) is 0 Å². The van der Waals surface area contributed by atoms with E-state index in [1.165, 1.54) is 16.8 Å². The lowest BCUT2D eigenvalue weighted by molar-refractivity contribution is 0.728. The second-order valence-electron chi connectivity index (χ2n) is 6.55. The SMILES string of the molecule is Cc1nn(C)c(C)c1CCCN=C(N)Nc1cccc(C(C)C)c1.I. The fourth-order valence-corrected chi connectivity index (χ4v) is 2.80. The minimum absolute atomic E-state index is 0. The molecule has 0 spiro atoms. The van der Waals surface area contributed by atoms with Gasteiger partial charge >= 0.3 is 0 Å². The second kappa shape index (κ2) is 9.79. The Balaban J connectivity index is 0.00000312. The summed E-state index contributed by atoms with van der Waals surface area (Å²) >= 11 is 0. The average Bonchev–Trinajstić information content (AvgIpc) is 2.77. The molecule has 5 nitrogen and oxygen atoms in total. The number of benzene rings is 1. The number of aliphatic imine (C=N–C) groups is 1. The molecule has 2 rings (SSSR count). The van der Waals surface area contributed by atoms with Crippen LogP contribution in [0.3, 0.4) is 0 Å². The van der Waals surface area contributed by atoms with Gasteiger partial charge in [-0.05, 0) is 55.9 Å². The molecule has 0 saturated heterocycles. The predicted octanol–water partition coefficient (Wildman–Crippen LogP) is 4.14. The van der Waals surface area contributed by atoms with E-state index in [9.17, 15) is 0 Å². The molecule has 138 valence electrons. The van der Waals surface area contributed by atoms with E-state index in [-0.39, 0.29) is 24.0 Å². The molecule has 0 aliphatic heterocycles. The molecule has 0 bridgehead atoms. The summed E-state index contributed by atoms with van der Waals surface area (Å²) < 4.78 is 1.94. The van der Waals surface area contributed by atoms with Crippen LogP contribution in [0.1, 0.15) is 48.7 Å². The Hall–Kier alpha value is -1.57. The maximum Gasteiger partial charge on any atom is 0.193 e. The molecule has 25 heavy (non-hydrogen) atoms. The minimum atomic E-state index is 0. The summed E-state index contributed by atoms with van der Waals surface area (Å²) in [6.45, 7) is 9.23. The second-order valence-corrected chi connectivity index (χ2v) is 6.55. The van der Waals surface area contributed by atoms with Crippen LogP contribution >= 0.6 is 24.0 Å². The molecule has 0 radical (unpaired) electrons. The Morgan fingerprint density at radius 2 is 2.04 bits per heavy atom. The molecule has 0 aliphatic carbocycles. The highest BCUT2D eigenvalue weighted by atomic mass is 127. The molecular weight excluding hydrogens is 425 g/mol. The molecule has 3 N–H and O–H groups in total. The largest absolute Gasteiger partial charge is 0.370 e. The van der Waals surface area contributed by atoms with Gasteiger partial charge in [0.1, 0.15) is 0 Å². The summed E-state index contributed by atoms with van der Waals surface area (Å²) in [7, 11) is 1.98. The van der Waals surface area contributed by atoms with Crippen molar-refractivity contribution >= 4 is 35.6 Å². The van der Waals surface area contributed by atoms with Crippen LogP contribution in [-0.4, -0.2) is 22.3 Å². The van der Waals surface area contributed by atoms with Crippen LogP contribution in [0.5, 0.6) is 0 Å². The first-order valence-electron chi connectivity index (χ1n) is 8.54. The summed E-state index contributed by atoms with van der Waals surface area (Å²) in [5, 5.41) is 7.62. The molecule has 6 heteroatoms. The van der Waals surface area contributed by atoms with Gasteiger partial charge in [0.05, 0.1) is 5.69 Å². The molecular formula is C19H30IN5. The number of hydrogen-bond acceptors (Lipinski definition) is 2. The van der Waals surface area contributed by atoms with Crippen molar-refractivity contribution in [1.82, 2.24) is 9.78 Å². The zero-order chi connectivity index (χ0) is 17.7. The normalized spacial score (nSPS) is 11.5. The van der Waals surface area contributed by atoms with Gasteiger partial charge in [0.25, 0.3) is 0 Å². The summed E-state index contributed by atoms with van der Waals surface area (Å²) in [5.41, 5.74) is 11.9. The maximum atomic E-state index is 6.00. The first-order valence-corrected chi connectivity index (χ1v) is 8.54. The highest BCUT2D eigenvalue weighted by molar-refractivity contribution is 14.0. The highest BCUT2D eigenvalue weighted by Gasteiger charge is 2.08. The van der Waals surface area contributed by atoms with Crippen molar-refractivity contribution in [3.8, 4) is 0 Å². The summed E-state index contributed by atoms with van der Waals surface area (Å²) in [6.07, 6.45) is 1.94. The average molecular weight is 455 g/mol. The number of rotatable bonds is 6. The van der Waals surface area contributed by atoms with Gasteiger partial charge in [-0.1, -0.05) is 26.0 Å². The van der Waals surface area contributed by atoms with Gasteiger partial charge < -0.3 is 11.1 Å². The molecule has 0 aliphatic rings. The van der Waals surface area contributed by atoms with Crippen molar-refractivity contribution in [3.05, 3.63) is 46.8 Å². The number of aryl methyl sites for hydroxylation is 2. The Labute approximate surface area is 168 Å². The number of hydrogen-bond donors (Lipinski definition) is 2. The van der Waals surface area contributed by atoms with Crippen LogP contribution in [0.4, 0.5) is 5.69 Å². The van der Waals surface area contributed by atoms with E-state index in [4.69, 9.17) is 5.73 Å². The minimum Gasteiger partial charge on any atom is -0.370 e. The molecule has 1 aromatic carbocycles. The zero-order valence-electron chi connectivity index (χ0n) is 15.8. The molecule has 0 amide bonds. The standard InChI is InChI=1S/C19H29N5.HI/c1-13(2)16-8-6-9-17(12-16)22-19(20)21-11-7-10-18-14(3)23-24(5)15(18)4;/h6,8-9,12-13H,7,10-11H2,1-5H3,(H3,20,21,22);1H. The van der Waals surface area contributed by atoms with Gasteiger partial charge in [-0.15, -0.1) is 24.0 Å². The lowest BCUT2D eigenvalue weighted by Crippen LogP contribution is -2.23. The first kappa shape index (κ1) is 21.5. The smallest absolute Gasteiger partial charge is 0.193 e. The van der Waals surface area contributed by atoms with Crippen molar-refractivity contribution in [2.45, 2.75) is 46.5 Å². The van der Waals surface area contributed by atoms with E-state index in [0.717, 1.165) is 24.2 Å². The van der Waals surface area contributed by atoms with E-state index >= 15 is 0 Å². The van der Waals surface area contributed by atoms with Crippen LogP contribution in [0.25, 0.3) is 0 Å². The van der Waals surface area contributed by atoms with E-state index in [0.29, 0.717) is 18.4 Å². The number of nitrogens with two attached hydrogens (primary N) is 1. The van der Waals surface area contributed by atoms with E-state index in [2.05, 4.69) is 55.2 Å². The van der Waals surface area contributed by atoms with Crippen LogP contribution < -0.4 is 11.1 Å². The Bertz CT molecular complexity index is 719. The fraction of sp³-hybridized carbons (Fsp3) is 0.474. The Morgan fingerprint density at radius 3 is 2.64 bits per heavy atom. The highest BCUT2D eigenvalue weighted by Crippen LogP contribution is 2.18. The molecule has 0 saturated carbocycles. The van der Waals surface area contributed by atoms with Gasteiger partial charge in [-0.25, -0.2) is 0 Å². The fourth-order valence-electron chi connectivity index (χ4n) is 2.80. The van der Waals surface area contributed by atoms with Crippen LogP contribution in [-0.2, 0) is 13.5 Å². The van der Waals surface area contributed by atoms with Gasteiger partial charge in [0.15, 0.2) is 5.96 Å². The van der Waals surface area contributed by atoms with Gasteiger partial charge in [-0.2, -0.15) is 5.10 Å². The molecule has 0 unspecified atom stereocenters. The van der Waals surface area contributed by atoms with Crippen molar-refractivity contribution in [3.63, 3.8) is 0 Å². The lowest BCUT2D eigenvalue weighted by atomic mass is 10.0. The number of aromatic nitrogens is 2. The number of nitrogens with one attached hydrogen (secondary N) is 1. The molecule has 2 aromatic rings. The molecule has 0 atom stereocenters. The third kappa shape index (κ3) is 6.02. The van der Waals surface area contributed by atoms with Crippen molar-refractivity contribution < 1.29 is 0 Å². The topological polar surface area (TPSA) is 68.2 Å². The molecule has 1 aromatic heterocycles. The maximum absolute atomic E-state index is 6.00. The summed E-state index contributed by atoms with van der Waals surface area (Å²) in [4.78, 5) is 4.43. The molecule has 1 heterocycles. The first-order chi connectivity index (χ1) is 11.4. The number of guanidine groups is 1. The van der Waals surface area contributed by atoms with Crippen molar-refractivity contribution in [2.75, 3.05) is 11.9 Å². The van der Waals surface area contributed by atoms with Gasteiger partial charge in [0, 0.05) is 25.0 Å². The van der Waals surface area contributed by atoms with E-state index < -0.39 is 0 Å².